The number of nitrogens with zero attached hydrogens (tertiary/aromatic N) is 1. The first-order valence-electron chi connectivity index (χ1n) is 6.28. The number of hydrogen-bond donors (Lipinski definition) is 2. The Balaban J connectivity index is 1.78. The minimum atomic E-state index is -0.742. The molecule has 1 amide bonds. The Morgan fingerprint density at radius 3 is 2.89 bits per heavy atom. The van der Waals surface area contributed by atoms with Crippen molar-refractivity contribution >= 4 is 5.91 Å². The number of aromatic nitrogens is 1. The van der Waals surface area contributed by atoms with Gasteiger partial charge < -0.3 is 15.0 Å². The van der Waals surface area contributed by atoms with E-state index in [1.165, 1.54) is 10.6 Å². The average molecular weight is 250 g/mol. The maximum Gasteiger partial charge on any atom is 0.250 e. The Morgan fingerprint density at radius 2 is 2.28 bits per heavy atom. The van der Waals surface area contributed by atoms with Gasteiger partial charge in [0.1, 0.15) is 0 Å². The molecule has 5 nitrogen and oxygen atoms in total. The fourth-order valence-corrected chi connectivity index (χ4v) is 1.94. The molecule has 98 valence electrons. The summed E-state index contributed by atoms with van der Waals surface area (Å²) < 4.78 is 1.43. The second kappa shape index (κ2) is 5.82. The highest BCUT2D eigenvalue weighted by Crippen LogP contribution is 2.25. The molecule has 2 N–H and O–H groups in total. The lowest BCUT2D eigenvalue weighted by Gasteiger charge is -2.24. The van der Waals surface area contributed by atoms with E-state index in [0.29, 0.717) is 0 Å². The van der Waals surface area contributed by atoms with Gasteiger partial charge in [-0.25, -0.2) is 0 Å². The monoisotopic (exact) mass is 250 g/mol. The van der Waals surface area contributed by atoms with Crippen molar-refractivity contribution in [1.82, 2.24) is 9.88 Å². The predicted octanol–water partition coefficient (Wildman–Crippen LogP) is 0.125. The number of carbonyl (C=O) groups excluding carboxylic acids is 1. The lowest BCUT2D eigenvalue weighted by atomic mass is 9.85. The SMILES string of the molecule is O=C(NCC(O)Cn1ccccc1=O)C1CCC1. The van der Waals surface area contributed by atoms with Crippen LogP contribution in [0.3, 0.4) is 0 Å². The molecule has 1 aliphatic rings. The van der Waals surface area contributed by atoms with Gasteiger partial charge in [0.15, 0.2) is 0 Å². The summed E-state index contributed by atoms with van der Waals surface area (Å²) in [5, 5.41) is 12.5. The topological polar surface area (TPSA) is 71.3 Å². The summed E-state index contributed by atoms with van der Waals surface area (Å²) in [5.41, 5.74) is -0.151. The van der Waals surface area contributed by atoms with Crippen LogP contribution in [0.15, 0.2) is 29.2 Å². The number of aliphatic hydroxyl groups is 1. The number of amides is 1. The summed E-state index contributed by atoms with van der Waals surface area (Å²) in [6, 6.07) is 4.84. The first-order chi connectivity index (χ1) is 8.66. The van der Waals surface area contributed by atoms with E-state index in [-0.39, 0.29) is 30.5 Å². The van der Waals surface area contributed by atoms with Crippen LogP contribution in [0.2, 0.25) is 0 Å². The first kappa shape index (κ1) is 12.8. The Hall–Kier alpha value is -1.62. The molecule has 2 rings (SSSR count). The number of rotatable bonds is 5. The summed E-state index contributed by atoms with van der Waals surface area (Å²) in [7, 11) is 0. The summed E-state index contributed by atoms with van der Waals surface area (Å²) >= 11 is 0. The molecule has 0 aliphatic heterocycles. The van der Waals surface area contributed by atoms with E-state index in [1.807, 2.05) is 0 Å². The highest BCUT2D eigenvalue weighted by molar-refractivity contribution is 5.79. The zero-order valence-corrected chi connectivity index (χ0v) is 10.2. The van der Waals surface area contributed by atoms with Crippen molar-refractivity contribution in [2.24, 2.45) is 5.92 Å². The second-order valence-electron chi connectivity index (χ2n) is 4.72. The zero-order valence-electron chi connectivity index (χ0n) is 10.2. The number of nitrogens with one attached hydrogen (secondary N) is 1. The van der Waals surface area contributed by atoms with Crippen molar-refractivity contribution in [3.63, 3.8) is 0 Å². The van der Waals surface area contributed by atoms with Crippen LogP contribution in [-0.4, -0.2) is 28.2 Å². The standard InChI is InChI=1S/C13H18N2O3/c16-11(8-14-13(18)10-4-3-5-10)9-15-7-2-1-6-12(15)17/h1-2,6-7,10-11,16H,3-5,8-9H2,(H,14,18). The van der Waals surface area contributed by atoms with Crippen LogP contribution in [0.25, 0.3) is 0 Å². The van der Waals surface area contributed by atoms with Crippen molar-refractivity contribution < 1.29 is 9.90 Å². The van der Waals surface area contributed by atoms with Crippen molar-refractivity contribution in [2.45, 2.75) is 31.9 Å². The number of pyridine rings is 1. The largest absolute Gasteiger partial charge is 0.389 e. The fraction of sp³-hybridized carbons (Fsp3) is 0.538. The summed E-state index contributed by atoms with van der Waals surface area (Å²) in [6.07, 6.45) is 3.88. The van der Waals surface area contributed by atoms with Crippen molar-refractivity contribution in [3.05, 3.63) is 34.7 Å². The maximum absolute atomic E-state index is 11.6. The second-order valence-corrected chi connectivity index (χ2v) is 4.72. The van der Waals surface area contributed by atoms with Crippen LogP contribution >= 0.6 is 0 Å². The first-order valence-corrected chi connectivity index (χ1v) is 6.28. The van der Waals surface area contributed by atoms with E-state index in [1.54, 1.807) is 18.3 Å². The molecule has 0 saturated heterocycles. The third-order valence-corrected chi connectivity index (χ3v) is 3.29. The smallest absolute Gasteiger partial charge is 0.250 e. The van der Waals surface area contributed by atoms with Crippen LogP contribution in [0, 0.1) is 5.92 Å². The molecule has 0 bridgehead atoms. The summed E-state index contributed by atoms with van der Waals surface area (Å²) in [5.74, 6) is 0.136. The summed E-state index contributed by atoms with van der Waals surface area (Å²) in [6.45, 7) is 0.390. The molecule has 0 aromatic carbocycles. The van der Waals surface area contributed by atoms with Gasteiger partial charge in [0.2, 0.25) is 5.91 Å². The van der Waals surface area contributed by atoms with E-state index in [2.05, 4.69) is 5.32 Å². The lowest BCUT2D eigenvalue weighted by molar-refractivity contribution is -0.127. The zero-order chi connectivity index (χ0) is 13.0. The van der Waals surface area contributed by atoms with Gasteiger partial charge in [-0.05, 0) is 18.9 Å². The quantitative estimate of drug-likeness (QED) is 0.780. The molecule has 1 saturated carbocycles. The number of aliphatic hydroxyl groups excluding tert-OH is 1. The molecule has 1 unspecified atom stereocenters. The Kier molecular flexibility index (Phi) is 4.15. The predicted molar refractivity (Wildman–Crippen MR) is 67.1 cm³/mol. The van der Waals surface area contributed by atoms with E-state index in [4.69, 9.17) is 0 Å². The Labute approximate surface area is 105 Å². The minimum absolute atomic E-state index is 0.0145. The van der Waals surface area contributed by atoms with Crippen LogP contribution in [0.4, 0.5) is 0 Å². The molecule has 1 aromatic heterocycles. The van der Waals surface area contributed by atoms with Crippen molar-refractivity contribution in [3.8, 4) is 0 Å². The minimum Gasteiger partial charge on any atom is -0.389 e. The van der Waals surface area contributed by atoms with Crippen LogP contribution < -0.4 is 10.9 Å². The van der Waals surface area contributed by atoms with Crippen LogP contribution in [0.5, 0.6) is 0 Å². The number of carbonyl (C=O) groups is 1. The van der Waals surface area contributed by atoms with Gasteiger partial charge in [-0.3, -0.25) is 9.59 Å². The van der Waals surface area contributed by atoms with Crippen LogP contribution in [-0.2, 0) is 11.3 Å². The molecule has 1 aliphatic carbocycles. The molecule has 0 radical (unpaired) electrons. The van der Waals surface area contributed by atoms with Gasteiger partial charge >= 0.3 is 0 Å². The fourth-order valence-electron chi connectivity index (χ4n) is 1.94. The van der Waals surface area contributed by atoms with Gasteiger partial charge in [0.25, 0.3) is 5.56 Å². The summed E-state index contributed by atoms with van der Waals surface area (Å²) in [4.78, 5) is 23.0. The van der Waals surface area contributed by atoms with Crippen molar-refractivity contribution in [1.29, 1.82) is 0 Å². The molecular weight excluding hydrogens is 232 g/mol. The molecule has 1 aromatic rings. The lowest BCUT2D eigenvalue weighted by Crippen LogP contribution is -2.40. The maximum atomic E-state index is 11.6. The van der Waals surface area contributed by atoms with Gasteiger partial charge in [-0.1, -0.05) is 12.5 Å². The van der Waals surface area contributed by atoms with Gasteiger partial charge in [0, 0.05) is 24.7 Å². The third-order valence-electron chi connectivity index (χ3n) is 3.29. The van der Waals surface area contributed by atoms with E-state index in [0.717, 1.165) is 19.3 Å². The molecule has 1 fully saturated rings. The third kappa shape index (κ3) is 3.20. The Bertz CT molecular complexity index is 465. The van der Waals surface area contributed by atoms with E-state index >= 15 is 0 Å². The van der Waals surface area contributed by atoms with Crippen LogP contribution in [0.1, 0.15) is 19.3 Å². The molecule has 1 atom stereocenters. The van der Waals surface area contributed by atoms with Gasteiger partial charge in [0.05, 0.1) is 12.6 Å². The molecule has 0 spiro atoms. The number of hydrogen-bond acceptors (Lipinski definition) is 3. The highest BCUT2D eigenvalue weighted by atomic mass is 16.3. The molecule has 5 heteroatoms. The molecule has 1 heterocycles. The average Bonchev–Trinajstić information content (AvgIpc) is 2.27. The van der Waals surface area contributed by atoms with E-state index in [9.17, 15) is 14.7 Å². The molecular formula is C13H18N2O3. The van der Waals surface area contributed by atoms with E-state index < -0.39 is 6.10 Å². The molecule has 18 heavy (non-hydrogen) atoms. The van der Waals surface area contributed by atoms with Crippen molar-refractivity contribution in [2.75, 3.05) is 6.54 Å². The Morgan fingerprint density at radius 1 is 1.50 bits per heavy atom. The highest BCUT2D eigenvalue weighted by Gasteiger charge is 2.25. The van der Waals surface area contributed by atoms with Gasteiger partial charge in [-0.15, -0.1) is 0 Å². The van der Waals surface area contributed by atoms with Gasteiger partial charge in [-0.2, -0.15) is 0 Å². The normalized spacial score (nSPS) is 16.9.